The van der Waals surface area contributed by atoms with Crippen molar-refractivity contribution in [1.29, 1.82) is 0 Å². The second kappa shape index (κ2) is 7.01. The van der Waals surface area contributed by atoms with Crippen LogP contribution in [0.2, 0.25) is 0 Å². The Balaban J connectivity index is 2.81. The lowest BCUT2D eigenvalue weighted by Crippen LogP contribution is -2.24. The van der Waals surface area contributed by atoms with Crippen LogP contribution < -0.4 is 14.8 Å². The molecule has 1 unspecified atom stereocenters. The zero-order valence-electron chi connectivity index (χ0n) is 10.9. The van der Waals surface area contributed by atoms with Crippen LogP contribution in [0.3, 0.4) is 0 Å². The summed E-state index contributed by atoms with van der Waals surface area (Å²) in [7, 11) is 4.99. The lowest BCUT2D eigenvalue weighted by molar-refractivity contribution is 0.184. The molecule has 1 atom stereocenters. The van der Waals surface area contributed by atoms with Gasteiger partial charge in [0.2, 0.25) is 0 Å². The molecule has 0 aliphatic carbocycles. The second-order valence-electron chi connectivity index (χ2n) is 3.77. The van der Waals surface area contributed by atoms with Crippen LogP contribution >= 0.6 is 0 Å². The second-order valence-corrected chi connectivity index (χ2v) is 3.77. The van der Waals surface area contributed by atoms with E-state index in [1.807, 2.05) is 18.2 Å². The number of nitrogens with one attached hydrogen (secondary N) is 1. The van der Waals surface area contributed by atoms with Gasteiger partial charge < -0.3 is 19.5 Å². The Morgan fingerprint density at radius 3 is 2.47 bits per heavy atom. The fraction of sp³-hybridized carbons (Fsp3) is 0.538. The third-order valence-electron chi connectivity index (χ3n) is 2.63. The van der Waals surface area contributed by atoms with Crippen molar-refractivity contribution in [3.8, 4) is 11.5 Å². The van der Waals surface area contributed by atoms with E-state index in [-0.39, 0.29) is 6.04 Å². The molecule has 0 radical (unpaired) electrons. The molecule has 0 heterocycles. The van der Waals surface area contributed by atoms with Gasteiger partial charge in [0.25, 0.3) is 0 Å². The van der Waals surface area contributed by atoms with E-state index in [0.717, 1.165) is 23.6 Å². The summed E-state index contributed by atoms with van der Waals surface area (Å²) in [4.78, 5) is 0. The number of hydrogen-bond donors (Lipinski definition) is 1. The average Bonchev–Trinajstić information content (AvgIpc) is 2.38. The van der Waals surface area contributed by atoms with Gasteiger partial charge in [-0.25, -0.2) is 0 Å². The van der Waals surface area contributed by atoms with Crippen molar-refractivity contribution in [3.05, 3.63) is 18.2 Å². The maximum Gasteiger partial charge on any atom is 0.145 e. The number of anilines is 1. The standard InChI is InChI=1S/C13H21NO3/c1-5-10(9-15-2)14-12-7-6-11(16-3)8-13(12)17-4/h6-8,10,14H,5,9H2,1-4H3. The first-order chi connectivity index (χ1) is 8.24. The lowest BCUT2D eigenvalue weighted by atomic mass is 10.2. The van der Waals surface area contributed by atoms with Crippen molar-refractivity contribution in [2.24, 2.45) is 0 Å². The molecule has 0 aliphatic heterocycles. The van der Waals surface area contributed by atoms with Crippen LogP contribution in [0.15, 0.2) is 18.2 Å². The Bertz CT molecular complexity index is 341. The molecule has 1 N–H and O–H groups in total. The number of rotatable bonds is 7. The van der Waals surface area contributed by atoms with Crippen molar-refractivity contribution in [1.82, 2.24) is 0 Å². The van der Waals surface area contributed by atoms with E-state index in [2.05, 4.69) is 12.2 Å². The molecular weight excluding hydrogens is 218 g/mol. The molecular formula is C13H21NO3. The predicted molar refractivity (Wildman–Crippen MR) is 69.1 cm³/mol. The molecule has 0 spiro atoms. The van der Waals surface area contributed by atoms with Gasteiger partial charge in [-0.05, 0) is 18.6 Å². The van der Waals surface area contributed by atoms with E-state index in [1.54, 1.807) is 21.3 Å². The quantitative estimate of drug-likeness (QED) is 0.793. The topological polar surface area (TPSA) is 39.7 Å². The third-order valence-corrected chi connectivity index (χ3v) is 2.63. The Kier molecular flexibility index (Phi) is 5.63. The van der Waals surface area contributed by atoms with Gasteiger partial charge in [-0.15, -0.1) is 0 Å². The van der Waals surface area contributed by atoms with Gasteiger partial charge in [0.15, 0.2) is 0 Å². The first-order valence-electron chi connectivity index (χ1n) is 5.72. The minimum Gasteiger partial charge on any atom is -0.497 e. The Labute approximate surface area is 103 Å². The molecule has 17 heavy (non-hydrogen) atoms. The van der Waals surface area contributed by atoms with Gasteiger partial charge in [-0.2, -0.15) is 0 Å². The summed E-state index contributed by atoms with van der Waals surface area (Å²) in [5, 5.41) is 3.39. The summed E-state index contributed by atoms with van der Waals surface area (Å²) in [5.74, 6) is 1.56. The van der Waals surface area contributed by atoms with Crippen LogP contribution in [-0.4, -0.2) is 34.0 Å². The number of ether oxygens (including phenoxy) is 3. The molecule has 0 aromatic heterocycles. The van der Waals surface area contributed by atoms with E-state index < -0.39 is 0 Å². The minimum atomic E-state index is 0.280. The number of hydrogen-bond acceptors (Lipinski definition) is 4. The van der Waals surface area contributed by atoms with Gasteiger partial charge in [-0.3, -0.25) is 0 Å². The molecule has 0 saturated carbocycles. The first kappa shape index (κ1) is 13.6. The summed E-state index contributed by atoms with van der Waals surface area (Å²) in [6, 6.07) is 6.00. The van der Waals surface area contributed by atoms with Crippen molar-refractivity contribution < 1.29 is 14.2 Å². The summed E-state index contributed by atoms with van der Waals surface area (Å²) >= 11 is 0. The van der Waals surface area contributed by atoms with Gasteiger partial charge in [0, 0.05) is 19.2 Å². The van der Waals surface area contributed by atoms with E-state index in [4.69, 9.17) is 14.2 Å². The van der Waals surface area contributed by atoms with Gasteiger partial charge in [0.1, 0.15) is 11.5 Å². The molecule has 0 bridgehead atoms. The van der Waals surface area contributed by atoms with Crippen molar-refractivity contribution in [3.63, 3.8) is 0 Å². The highest BCUT2D eigenvalue weighted by Crippen LogP contribution is 2.29. The fourth-order valence-electron chi connectivity index (χ4n) is 1.60. The Morgan fingerprint density at radius 2 is 1.94 bits per heavy atom. The zero-order chi connectivity index (χ0) is 12.7. The van der Waals surface area contributed by atoms with E-state index in [0.29, 0.717) is 6.61 Å². The summed E-state index contributed by atoms with van der Waals surface area (Å²) in [5.41, 5.74) is 0.956. The Morgan fingerprint density at radius 1 is 1.18 bits per heavy atom. The summed E-state index contributed by atoms with van der Waals surface area (Å²) < 4.78 is 15.6. The number of methoxy groups -OCH3 is 3. The molecule has 4 nitrogen and oxygen atoms in total. The van der Waals surface area contributed by atoms with Crippen LogP contribution in [0.1, 0.15) is 13.3 Å². The van der Waals surface area contributed by atoms with Crippen molar-refractivity contribution in [2.75, 3.05) is 33.3 Å². The minimum absolute atomic E-state index is 0.280. The van der Waals surface area contributed by atoms with Crippen molar-refractivity contribution >= 4 is 5.69 Å². The molecule has 0 aliphatic rings. The predicted octanol–water partition coefficient (Wildman–Crippen LogP) is 2.54. The highest BCUT2D eigenvalue weighted by molar-refractivity contribution is 5.59. The molecule has 96 valence electrons. The van der Waals surface area contributed by atoms with Crippen molar-refractivity contribution in [2.45, 2.75) is 19.4 Å². The molecule has 0 fully saturated rings. The highest BCUT2D eigenvalue weighted by Gasteiger charge is 2.10. The first-order valence-corrected chi connectivity index (χ1v) is 5.72. The van der Waals surface area contributed by atoms with E-state index >= 15 is 0 Å². The summed E-state index contributed by atoms with van der Waals surface area (Å²) in [6.07, 6.45) is 0.989. The van der Waals surface area contributed by atoms with Crippen LogP contribution in [0, 0.1) is 0 Å². The monoisotopic (exact) mass is 239 g/mol. The van der Waals surface area contributed by atoms with Gasteiger partial charge in [-0.1, -0.05) is 6.92 Å². The molecule has 4 heteroatoms. The third kappa shape index (κ3) is 3.82. The maximum atomic E-state index is 5.33. The summed E-state index contributed by atoms with van der Waals surface area (Å²) in [6.45, 7) is 2.79. The van der Waals surface area contributed by atoms with Crippen LogP contribution in [0.4, 0.5) is 5.69 Å². The highest BCUT2D eigenvalue weighted by atomic mass is 16.5. The van der Waals surface area contributed by atoms with Crippen LogP contribution in [0.5, 0.6) is 11.5 Å². The van der Waals surface area contributed by atoms with Gasteiger partial charge in [0.05, 0.1) is 26.5 Å². The van der Waals surface area contributed by atoms with E-state index in [1.165, 1.54) is 0 Å². The molecule has 0 amide bonds. The molecule has 1 aromatic rings. The smallest absolute Gasteiger partial charge is 0.145 e. The molecule has 1 aromatic carbocycles. The lowest BCUT2D eigenvalue weighted by Gasteiger charge is -2.19. The zero-order valence-corrected chi connectivity index (χ0v) is 10.9. The normalized spacial score (nSPS) is 12.0. The fourth-order valence-corrected chi connectivity index (χ4v) is 1.60. The van der Waals surface area contributed by atoms with E-state index in [9.17, 15) is 0 Å². The Hall–Kier alpha value is -1.42. The van der Waals surface area contributed by atoms with Gasteiger partial charge >= 0.3 is 0 Å². The largest absolute Gasteiger partial charge is 0.497 e. The average molecular weight is 239 g/mol. The molecule has 1 rings (SSSR count). The number of benzene rings is 1. The molecule has 0 saturated heterocycles. The maximum absolute atomic E-state index is 5.33. The van der Waals surface area contributed by atoms with Crippen LogP contribution in [0.25, 0.3) is 0 Å². The SMILES string of the molecule is CCC(COC)Nc1ccc(OC)cc1OC. The van der Waals surface area contributed by atoms with Crippen LogP contribution in [-0.2, 0) is 4.74 Å².